The molecular weight excluding hydrogens is 323 g/mol. The minimum absolute atomic E-state index is 0.0868. The van der Waals surface area contributed by atoms with Crippen molar-refractivity contribution in [3.05, 3.63) is 58.9 Å². The molecule has 0 aliphatic carbocycles. The van der Waals surface area contributed by atoms with E-state index in [2.05, 4.69) is 5.92 Å². The summed E-state index contributed by atoms with van der Waals surface area (Å²) in [7, 11) is 0. The molecule has 0 saturated heterocycles. The number of carboxylic acids is 1. The number of halogens is 1. The summed E-state index contributed by atoms with van der Waals surface area (Å²) in [4.78, 5) is 22.8. The Labute approximate surface area is 145 Å². The Morgan fingerprint density at radius 3 is 2.48 bits per heavy atom. The van der Waals surface area contributed by atoms with Crippen LogP contribution in [0.15, 0.2) is 36.4 Å². The summed E-state index contributed by atoms with van der Waals surface area (Å²) >= 11 is 0. The Morgan fingerprint density at radius 1 is 1.20 bits per heavy atom. The number of carboxylic acid groups (broad SMARTS) is 1. The van der Waals surface area contributed by atoms with E-state index in [1.807, 2.05) is 0 Å². The number of terminal acetylenes is 1. The van der Waals surface area contributed by atoms with Crippen LogP contribution in [0.2, 0.25) is 0 Å². The number of rotatable bonds is 5. The summed E-state index contributed by atoms with van der Waals surface area (Å²) in [5.41, 5.74) is 1.86. The van der Waals surface area contributed by atoms with E-state index in [0.717, 1.165) is 0 Å². The number of carbonyl (C=O) groups is 2. The quantitative estimate of drug-likeness (QED) is 0.666. The maximum atomic E-state index is 14.1. The average molecular weight is 340 g/mol. The molecule has 1 N–H and O–H groups in total. The zero-order valence-electron chi connectivity index (χ0n) is 13.9. The van der Waals surface area contributed by atoms with Gasteiger partial charge >= 0.3 is 11.9 Å². The zero-order chi connectivity index (χ0) is 18.6. The van der Waals surface area contributed by atoms with Gasteiger partial charge in [-0.25, -0.2) is 9.18 Å². The first-order valence-corrected chi connectivity index (χ1v) is 7.63. The third-order valence-electron chi connectivity index (χ3n) is 3.41. The van der Waals surface area contributed by atoms with Crippen molar-refractivity contribution in [1.29, 1.82) is 0 Å². The molecule has 2 rings (SSSR count). The molecule has 5 heteroatoms. The molecule has 0 saturated carbocycles. The molecule has 0 unspecified atom stereocenters. The molecule has 0 aliphatic rings. The molecule has 25 heavy (non-hydrogen) atoms. The van der Waals surface area contributed by atoms with E-state index in [4.69, 9.17) is 16.3 Å². The second-order valence-electron chi connectivity index (χ2n) is 5.77. The van der Waals surface area contributed by atoms with Crippen LogP contribution in [0.25, 0.3) is 11.1 Å². The monoisotopic (exact) mass is 340 g/mol. The first-order valence-electron chi connectivity index (χ1n) is 7.63. The molecular formula is C20H17FO4. The highest BCUT2D eigenvalue weighted by molar-refractivity contribution is 5.92. The van der Waals surface area contributed by atoms with Gasteiger partial charge in [-0.2, -0.15) is 0 Å². The predicted molar refractivity (Wildman–Crippen MR) is 91.7 cm³/mol. The van der Waals surface area contributed by atoms with Crippen molar-refractivity contribution in [3.63, 3.8) is 0 Å². The molecule has 0 spiro atoms. The Bertz CT molecular complexity index is 862. The molecule has 0 heterocycles. The molecule has 128 valence electrons. The number of ether oxygens (including phenoxy) is 1. The topological polar surface area (TPSA) is 63.6 Å². The number of carbonyl (C=O) groups excluding carboxylic acids is 1. The van der Waals surface area contributed by atoms with Gasteiger partial charge in [-0.15, -0.1) is 6.42 Å². The van der Waals surface area contributed by atoms with Gasteiger partial charge in [0.15, 0.2) is 0 Å². The fraction of sp³-hybridized carbons (Fsp3) is 0.200. The zero-order valence-corrected chi connectivity index (χ0v) is 13.9. The number of esters is 1. The second-order valence-corrected chi connectivity index (χ2v) is 5.77. The molecule has 0 fully saturated rings. The molecule has 0 amide bonds. The van der Waals surface area contributed by atoms with Gasteiger partial charge in [-0.1, -0.05) is 18.1 Å². The average Bonchev–Trinajstić information content (AvgIpc) is 2.55. The molecule has 4 nitrogen and oxygen atoms in total. The molecule has 0 bridgehead atoms. The fourth-order valence-electron chi connectivity index (χ4n) is 2.31. The van der Waals surface area contributed by atoms with Crippen LogP contribution in [0.4, 0.5) is 4.39 Å². The van der Waals surface area contributed by atoms with Gasteiger partial charge in [0.2, 0.25) is 0 Å². The van der Waals surface area contributed by atoms with Gasteiger partial charge in [0, 0.05) is 5.56 Å². The molecule has 2 aromatic rings. The number of benzene rings is 2. The Hall–Kier alpha value is -3.13. The number of hydrogen-bond donors (Lipinski definition) is 1. The Morgan fingerprint density at radius 2 is 1.92 bits per heavy atom. The molecule has 0 radical (unpaired) electrons. The van der Waals surface area contributed by atoms with E-state index in [-0.39, 0.29) is 17.2 Å². The van der Waals surface area contributed by atoms with Crippen LogP contribution in [0, 0.1) is 18.2 Å². The van der Waals surface area contributed by atoms with Gasteiger partial charge in [-0.05, 0) is 54.8 Å². The normalized spacial score (nSPS) is 10.4. The van der Waals surface area contributed by atoms with E-state index in [1.54, 1.807) is 32.0 Å². The van der Waals surface area contributed by atoms with E-state index >= 15 is 0 Å². The highest BCUT2D eigenvalue weighted by Crippen LogP contribution is 2.25. The summed E-state index contributed by atoms with van der Waals surface area (Å²) in [6.07, 6.45) is 4.75. The van der Waals surface area contributed by atoms with E-state index in [1.165, 1.54) is 18.2 Å². The summed E-state index contributed by atoms with van der Waals surface area (Å²) in [6, 6.07) is 8.98. The van der Waals surface area contributed by atoms with Gasteiger partial charge in [-0.3, -0.25) is 4.79 Å². The first-order chi connectivity index (χ1) is 11.8. The van der Waals surface area contributed by atoms with Crippen LogP contribution in [0.5, 0.6) is 0 Å². The van der Waals surface area contributed by atoms with Crippen LogP contribution in [0.3, 0.4) is 0 Å². The smallest absolute Gasteiger partial charge is 0.338 e. The van der Waals surface area contributed by atoms with Crippen LogP contribution in [-0.4, -0.2) is 23.1 Å². The van der Waals surface area contributed by atoms with E-state index in [0.29, 0.717) is 16.7 Å². The maximum absolute atomic E-state index is 14.1. The van der Waals surface area contributed by atoms with Crippen LogP contribution in [-0.2, 0) is 16.0 Å². The Kier molecular flexibility index (Phi) is 5.56. The van der Waals surface area contributed by atoms with E-state index in [9.17, 15) is 14.0 Å². The minimum Gasteiger partial charge on any atom is -0.481 e. The summed E-state index contributed by atoms with van der Waals surface area (Å²) in [6.45, 7) is 3.47. The van der Waals surface area contributed by atoms with Crippen molar-refractivity contribution in [3.8, 4) is 23.5 Å². The van der Waals surface area contributed by atoms with Crippen molar-refractivity contribution in [1.82, 2.24) is 0 Å². The molecule has 2 aromatic carbocycles. The first kappa shape index (κ1) is 18.2. The van der Waals surface area contributed by atoms with Crippen LogP contribution in [0.1, 0.15) is 35.3 Å². The van der Waals surface area contributed by atoms with Gasteiger partial charge in [0.1, 0.15) is 5.82 Å². The summed E-state index contributed by atoms with van der Waals surface area (Å²) in [5.74, 6) is 0.202. The Balaban J connectivity index is 2.45. The lowest BCUT2D eigenvalue weighted by Crippen LogP contribution is -2.12. The second kappa shape index (κ2) is 7.63. The lowest BCUT2D eigenvalue weighted by Gasteiger charge is -2.11. The van der Waals surface area contributed by atoms with Crippen molar-refractivity contribution in [2.75, 3.05) is 0 Å². The van der Waals surface area contributed by atoms with Gasteiger partial charge in [0.05, 0.1) is 18.1 Å². The van der Waals surface area contributed by atoms with Gasteiger partial charge < -0.3 is 9.84 Å². The lowest BCUT2D eigenvalue weighted by molar-refractivity contribution is -0.136. The highest BCUT2D eigenvalue weighted by atomic mass is 19.1. The van der Waals surface area contributed by atoms with E-state index < -0.39 is 24.2 Å². The fourth-order valence-corrected chi connectivity index (χ4v) is 2.31. The minimum atomic E-state index is -1.11. The third-order valence-corrected chi connectivity index (χ3v) is 3.41. The highest BCUT2D eigenvalue weighted by Gasteiger charge is 2.14. The lowest BCUT2D eigenvalue weighted by atomic mass is 9.98. The van der Waals surface area contributed by atoms with Crippen molar-refractivity contribution < 1.29 is 23.8 Å². The standard InChI is InChI=1S/C20H17FO4/c1-4-13-7-16(9-17(8-13)20(24)25-12(2)3)14-5-6-15(11-19(22)23)18(21)10-14/h1,5-10,12H,11H2,2-3H3,(H,22,23). The number of aliphatic carboxylic acids is 1. The summed E-state index contributed by atoms with van der Waals surface area (Å²) in [5, 5.41) is 8.78. The predicted octanol–water partition coefficient (Wildman–Crippen LogP) is 3.67. The maximum Gasteiger partial charge on any atom is 0.338 e. The van der Waals surface area contributed by atoms with Crippen molar-refractivity contribution >= 4 is 11.9 Å². The third kappa shape index (κ3) is 4.67. The van der Waals surface area contributed by atoms with Crippen molar-refractivity contribution in [2.24, 2.45) is 0 Å². The SMILES string of the molecule is C#Cc1cc(C(=O)OC(C)C)cc(-c2ccc(CC(=O)O)c(F)c2)c1. The molecule has 0 aromatic heterocycles. The molecule has 0 atom stereocenters. The largest absolute Gasteiger partial charge is 0.481 e. The van der Waals surface area contributed by atoms with Crippen LogP contribution >= 0.6 is 0 Å². The van der Waals surface area contributed by atoms with Crippen LogP contribution < -0.4 is 0 Å². The van der Waals surface area contributed by atoms with Gasteiger partial charge in [0.25, 0.3) is 0 Å². The summed E-state index contributed by atoms with van der Waals surface area (Å²) < 4.78 is 19.3. The number of hydrogen-bond acceptors (Lipinski definition) is 3. The molecule has 0 aliphatic heterocycles. The van der Waals surface area contributed by atoms with Crippen molar-refractivity contribution in [2.45, 2.75) is 26.4 Å².